The first-order valence-electron chi connectivity index (χ1n) is 8.41. The Bertz CT molecular complexity index is 500. The Balaban J connectivity index is 0.00000288. The second kappa shape index (κ2) is 8.20. The molecule has 1 spiro atoms. The summed E-state index contributed by atoms with van der Waals surface area (Å²) in [6.45, 7) is 6.59. The van der Waals surface area contributed by atoms with E-state index < -0.39 is 23.4 Å². The smallest absolute Gasteiger partial charge is 0.243 e. The maximum Gasteiger partial charge on any atom is 0.243 e. The van der Waals surface area contributed by atoms with Gasteiger partial charge < -0.3 is 16.4 Å². The van der Waals surface area contributed by atoms with Gasteiger partial charge in [0, 0.05) is 19.5 Å². The molecule has 2 fully saturated rings. The SMILES string of the molecule is CC(C)CN1CCCC12CCN([C@@H](CCC(N)=O)C(N)=O)C2=O.S. The highest BCUT2D eigenvalue weighted by molar-refractivity contribution is 7.59. The first-order chi connectivity index (χ1) is 10.8. The third-order valence-corrected chi connectivity index (χ3v) is 5.00. The molecule has 2 atom stereocenters. The van der Waals surface area contributed by atoms with Crippen LogP contribution in [0.25, 0.3) is 0 Å². The molecule has 4 N–H and O–H groups in total. The van der Waals surface area contributed by atoms with Crippen LogP contribution in [-0.4, -0.2) is 58.7 Å². The lowest BCUT2D eigenvalue weighted by Gasteiger charge is -2.35. The van der Waals surface area contributed by atoms with Crippen LogP contribution < -0.4 is 11.5 Å². The summed E-state index contributed by atoms with van der Waals surface area (Å²) in [5, 5.41) is 0. The molecule has 0 aliphatic carbocycles. The van der Waals surface area contributed by atoms with Crippen LogP contribution in [0.5, 0.6) is 0 Å². The van der Waals surface area contributed by atoms with Gasteiger partial charge in [0.25, 0.3) is 0 Å². The molecule has 0 aromatic carbocycles. The summed E-state index contributed by atoms with van der Waals surface area (Å²) in [7, 11) is 0. The molecule has 3 amide bonds. The minimum atomic E-state index is -0.740. The predicted molar refractivity (Wildman–Crippen MR) is 96.5 cm³/mol. The van der Waals surface area contributed by atoms with Gasteiger partial charge in [-0.05, 0) is 38.1 Å². The molecule has 0 radical (unpaired) electrons. The largest absolute Gasteiger partial charge is 0.370 e. The van der Waals surface area contributed by atoms with Gasteiger partial charge in [-0.3, -0.25) is 19.3 Å². The normalized spacial score (nSPS) is 25.3. The average molecular weight is 359 g/mol. The molecule has 0 saturated carbocycles. The summed E-state index contributed by atoms with van der Waals surface area (Å²) in [5.74, 6) is -0.581. The number of primary amides is 2. The van der Waals surface area contributed by atoms with E-state index in [9.17, 15) is 14.4 Å². The summed E-state index contributed by atoms with van der Waals surface area (Å²) in [4.78, 5) is 39.7. The lowest BCUT2D eigenvalue weighted by molar-refractivity contribution is -0.143. The molecule has 24 heavy (non-hydrogen) atoms. The molecule has 8 heteroatoms. The van der Waals surface area contributed by atoms with Crippen molar-refractivity contribution in [2.45, 2.75) is 57.5 Å². The average Bonchev–Trinajstić information content (AvgIpc) is 2.97. The van der Waals surface area contributed by atoms with E-state index in [1.807, 2.05) is 0 Å². The third kappa shape index (κ3) is 4.03. The molecule has 2 heterocycles. The van der Waals surface area contributed by atoms with Gasteiger partial charge in [0.05, 0.1) is 0 Å². The van der Waals surface area contributed by atoms with E-state index in [1.165, 1.54) is 0 Å². The second-order valence-electron chi connectivity index (χ2n) is 7.15. The maximum atomic E-state index is 13.1. The van der Waals surface area contributed by atoms with Crippen molar-refractivity contribution in [2.75, 3.05) is 19.6 Å². The lowest BCUT2D eigenvalue weighted by atomic mass is 9.93. The summed E-state index contributed by atoms with van der Waals surface area (Å²) in [5.41, 5.74) is 10.2. The standard InChI is InChI=1S/C16H28N4O3.H2S/c1-11(2)10-19-8-3-6-16(19)7-9-20(15(16)23)12(14(18)22)4-5-13(17)21;/h11-12H,3-10H2,1-2H3,(H2,17,21)(H2,18,22);1H2/t12-,16?;/m0./s1. The van der Waals surface area contributed by atoms with Gasteiger partial charge in [0.1, 0.15) is 11.6 Å². The van der Waals surface area contributed by atoms with Gasteiger partial charge in [-0.25, -0.2) is 0 Å². The quantitative estimate of drug-likeness (QED) is 0.664. The maximum absolute atomic E-state index is 13.1. The Hall–Kier alpha value is -1.28. The van der Waals surface area contributed by atoms with Crippen molar-refractivity contribution in [2.24, 2.45) is 17.4 Å². The van der Waals surface area contributed by atoms with E-state index in [0.717, 1.165) is 32.4 Å². The van der Waals surface area contributed by atoms with Gasteiger partial charge in [-0.2, -0.15) is 13.5 Å². The highest BCUT2D eigenvalue weighted by atomic mass is 32.1. The lowest BCUT2D eigenvalue weighted by Crippen LogP contribution is -2.54. The number of carbonyl (C=O) groups excluding carboxylic acids is 3. The van der Waals surface area contributed by atoms with Crippen LogP contribution in [0.2, 0.25) is 0 Å². The van der Waals surface area contributed by atoms with E-state index in [0.29, 0.717) is 12.5 Å². The number of nitrogens with zero attached hydrogens (tertiary/aromatic N) is 2. The third-order valence-electron chi connectivity index (χ3n) is 5.00. The van der Waals surface area contributed by atoms with Crippen molar-refractivity contribution in [1.82, 2.24) is 9.80 Å². The monoisotopic (exact) mass is 358 g/mol. The molecule has 2 saturated heterocycles. The van der Waals surface area contributed by atoms with Crippen molar-refractivity contribution in [3.05, 3.63) is 0 Å². The van der Waals surface area contributed by atoms with Crippen LogP contribution in [0.4, 0.5) is 0 Å². The van der Waals surface area contributed by atoms with Crippen molar-refractivity contribution in [3.63, 3.8) is 0 Å². The van der Waals surface area contributed by atoms with Crippen molar-refractivity contribution >= 4 is 31.2 Å². The van der Waals surface area contributed by atoms with Gasteiger partial charge in [0.15, 0.2) is 0 Å². The first-order valence-corrected chi connectivity index (χ1v) is 8.41. The van der Waals surface area contributed by atoms with Gasteiger partial charge in [-0.1, -0.05) is 13.8 Å². The number of hydrogen-bond acceptors (Lipinski definition) is 4. The zero-order valence-corrected chi connectivity index (χ0v) is 15.6. The van der Waals surface area contributed by atoms with Crippen LogP contribution in [0.1, 0.15) is 46.0 Å². The minimum Gasteiger partial charge on any atom is -0.370 e. The molecule has 2 aliphatic rings. The zero-order chi connectivity index (χ0) is 17.2. The van der Waals surface area contributed by atoms with Gasteiger partial charge in [0.2, 0.25) is 17.7 Å². The summed E-state index contributed by atoms with van der Waals surface area (Å²) >= 11 is 0. The number of amides is 3. The minimum absolute atomic E-state index is 0. The fourth-order valence-electron chi connectivity index (χ4n) is 3.98. The summed E-state index contributed by atoms with van der Waals surface area (Å²) in [6, 6.07) is -0.740. The molecule has 0 bridgehead atoms. The van der Waals surface area contributed by atoms with Crippen LogP contribution in [0, 0.1) is 5.92 Å². The van der Waals surface area contributed by atoms with Crippen LogP contribution >= 0.6 is 13.5 Å². The van der Waals surface area contributed by atoms with Gasteiger partial charge in [-0.15, -0.1) is 0 Å². The number of carbonyl (C=O) groups is 3. The second-order valence-corrected chi connectivity index (χ2v) is 7.15. The highest BCUT2D eigenvalue weighted by Gasteiger charge is 2.54. The molecule has 7 nitrogen and oxygen atoms in total. The zero-order valence-electron chi connectivity index (χ0n) is 14.6. The Morgan fingerprint density at radius 3 is 2.42 bits per heavy atom. The molecular weight excluding hydrogens is 328 g/mol. The molecule has 2 aliphatic heterocycles. The predicted octanol–water partition coefficient (Wildman–Crippen LogP) is -0.0585. The van der Waals surface area contributed by atoms with E-state index >= 15 is 0 Å². The number of nitrogens with two attached hydrogens (primary N) is 2. The topological polar surface area (TPSA) is 110 Å². The fraction of sp³-hybridized carbons (Fsp3) is 0.812. The van der Waals surface area contributed by atoms with E-state index in [2.05, 4.69) is 18.7 Å². The van der Waals surface area contributed by atoms with Crippen molar-refractivity contribution < 1.29 is 14.4 Å². The highest BCUT2D eigenvalue weighted by Crippen LogP contribution is 2.40. The molecule has 2 rings (SSSR count). The summed E-state index contributed by atoms with van der Waals surface area (Å²) < 4.78 is 0. The molecule has 1 unspecified atom stereocenters. The molecule has 0 aromatic rings. The Kier molecular flexibility index (Phi) is 7.10. The number of rotatable bonds is 7. The summed E-state index contributed by atoms with van der Waals surface area (Å²) in [6.07, 6.45) is 2.81. The van der Waals surface area contributed by atoms with E-state index in [4.69, 9.17) is 11.5 Å². The van der Waals surface area contributed by atoms with Gasteiger partial charge >= 0.3 is 0 Å². The van der Waals surface area contributed by atoms with Crippen molar-refractivity contribution in [1.29, 1.82) is 0 Å². The van der Waals surface area contributed by atoms with Crippen LogP contribution in [-0.2, 0) is 14.4 Å². The number of likely N-dealkylation sites (tertiary alicyclic amines) is 2. The van der Waals surface area contributed by atoms with Crippen LogP contribution in [0.15, 0.2) is 0 Å². The fourth-order valence-corrected chi connectivity index (χ4v) is 3.98. The van der Waals surface area contributed by atoms with Crippen molar-refractivity contribution in [3.8, 4) is 0 Å². The molecule has 138 valence electrons. The van der Waals surface area contributed by atoms with Crippen LogP contribution in [0.3, 0.4) is 0 Å². The van der Waals surface area contributed by atoms with E-state index in [1.54, 1.807) is 4.90 Å². The Labute approximate surface area is 150 Å². The first kappa shape index (κ1) is 20.8. The molecule has 0 aromatic heterocycles. The Morgan fingerprint density at radius 2 is 1.88 bits per heavy atom. The number of hydrogen-bond donors (Lipinski definition) is 2. The molecular formula is C16H30N4O3S. The van der Waals surface area contributed by atoms with E-state index in [-0.39, 0.29) is 32.2 Å². The Morgan fingerprint density at radius 1 is 1.21 bits per heavy atom.